The van der Waals surface area contributed by atoms with Crippen molar-refractivity contribution in [3.8, 4) is 0 Å². The van der Waals surface area contributed by atoms with Gasteiger partial charge in [-0.05, 0) is 12.1 Å². The average Bonchev–Trinajstić information content (AvgIpc) is 2.40. The third-order valence-electron chi connectivity index (χ3n) is 3.44. The van der Waals surface area contributed by atoms with Crippen LogP contribution in [-0.2, 0) is 4.74 Å². The largest absolute Gasteiger partial charge is 0.478 e. The Hall–Kier alpha value is -1.86. The first-order chi connectivity index (χ1) is 9.43. The number of benzene rings is 1. The smallest absolute Gasteiger partial charge is 0.340 e. The summed E-state index contributed by atoms with van der Waals surface area (Å²) in [6, 6.07) is 2.40. The second-order valence-electron chi connectivity index (χ2n) is 4.88. The van der Waals surface area contributed by atoms with E-state index in [-0.39, 0.29) is 17.8 Å². The second-order valence-corrected chi connectivity index (χ2v) is 4.88. The number of anilines is 2. The quantitative estimate of drug-likeness (QED) is 0.616. The first-order valence-electron chi connectivity index (χ1n) is 6.28. The van der Waals surface area contributed by atoms with Crippen molar-refractivity contribution in [2.75, 3.05) is 30.8 Å². The van der Waals surface area contributed by atoms with Gasteiger partial charge in [0.1, 0.15) is 11.4 Å². The standard InChI is InChI=1S/C13H17FN2O4/c14-8-1-2-9(10(11(8)15)12(17)18)16-7-13(19)3-5-20-6-4-13/h1-2,16,19H,3-7,15H2,(H,17,18). The molecule has 6 nitrogen and oxygen atoms in total. The Bertz CT molecular complexity index is 515. The first-order valence-corrected chi connectivity index (χ1v) is 6.28. The number of halogens is 1. The van der Waals surface area contributed by atoms with Crippen molar-refractivity contribution < 1.29 is 24.1 Å². The Balaban J connectivity index is 2.17. The maximum atomic E-state index is 13.3. The van der Waals surface area contributed by atoms with Crippen LogP contribution in [0.5, 0.6) is 0 Å². The molecule has 1 heterocycles. The summed E-state index contributed by atoms with van der Waals surface area (Å²) in [5.41, 5.74) is 3.94. The van der Waals surface area contributed by atoms with E-state index in [1.54, 1.807) is 0 Å². The number of aliphatic hydroxyl groups is 1. The fourth-order valence-corrected chi connectivity index (χ4v) is 2.16. The van der Waals surface area contributed by atoms with Gasteiger partial charge in [0, 0.05) is 32.6 Å². The van der Waals surface area contributed by atoms with Gasteiger partial charge < -0.3 is 26.0 Å². The highest BCUT2D eigenvalue weighted by Crippen LogP contribution is 2.27. The maximum Gasteiger partial charge on any atom is 0.340 e. The Morgan fingerprint density at radius 2 is 2.10 bits per heavy atom. The molecule has 1 aliphatic heterocycles. The Morgan fingerprint density at radius 1 is 1.45 bits per heavy atom. The summed E-state index contributed by atoms with van der Waals surface area (Å²) in [5, 5.41) is 22.2. The fraction of sp³-hybridized carbons (Fsp3) is 0.462. The highest BCUT2D eigenvalue weighted by Gasteiger charge is 2.30. The average molecular weight is 284 g/mol. The zero-order chi connectivity index (χ0) is 14.8. The van der Waals surface area contributed by atoms with Crippen molar-refractivity contribution in [1.29, 1.82) is 0 Å². The number of nitrogens with one attached hydrogen (secondary N) is 1. The van der Waals surface area contributed by atoms with Crippen LogP contribution in [0.15, 0.2) is 12.1 Å². The van der Waals surface area contributed by atoms with Crippen LogP contribution in [-0.4, -0.2) is 41.5 Å². The zero-order valence-electron chi connectivity index (χ0n) is 10.9. The third-order valence-corrected chi connectivity index (χ3v) is 3.44. The molecule has 0 aromatic heterocycles. The van der Waals surface area contributed by atoms with E-state index >= 15 is 0 Å². The van der Waals surface area contributed by atoms with Crippen molar-refractivity contribution in [3.63, 3.8) is 0 Å². The number of carboxylic acids is 1. The van der Waals surface area contributed by atoms with Gasteiger partial charge in [-0.3, -0.25) is 0 Å². The summed E-state index contributed by atoms with van der Waals surface area (Å²) >= 11 is 0. The molecule has 1 aromatic rings. The van der Waals surface area contributed by atoms with E-state index in [0.29, 0.717) is 26.1 Å². The molecule has 1 aromatic carbocycles. The number of aromatic carboxylic acids is 1. The normalized spacial score (nSPS) is 17.7. The lowest BCUT2D eigenvalue weighted by molar-refractivity contribution is -0.0543. The molecule has 20 heavy (non-hydrogen) atoms. The lowest BCUT2D eigenvalue weighted by Crippen LogP contribution is -2.42. The van der Waals surface area contributed by atoms with E-state index in [9.17, 15) is 14.3 Å². The number of rotatable bonds is 4. The van der Waals surface area contributed by atoms with Gasteiger partial charge in [-0.15, -0.1) is 0 Å². The van der Waals surface area contributed by atoms with Crippen molar-refractivity contribution in [3.05, 3.63) is 23.5 Å². The summed E-state index contributed by atoms with van der Waals surface area (Å²) in [7, 11) is 0. The van der Waals surface area contributed by atoms with Gasteiger partial charge in [0.05, 0.1) is 17.0 Å². The van der Waals surface area contributed by atoms with Gasteiger partial charge in [0.15, 0.2) is 0 Å². The Labute approximate surface area is 115 Å². The molecule has 1 fully saturated rings. The van der Waals surface area contributed by atoms with E-state index in [4.69, 9.17) is 15.6 Å². The number of ether oxygens (including phenoxy) is 1. The molecule has 7 heteroatoms. The predicted octanol–water partition coefficient (Wildman–Crippen LogP) is 1.06. The Morgan fingerprint density at radius 3 is 2.70 bits per heavy atom. The topological polar surface area (TPSA) is 105 Å². The fourth-order valence-electron chi connectivity index (χ4n) is 2.16. The predicted molar refractivity (Wildman–Crippen MR) is 71.3 cm³/mol. The minimum Gasteiger partial charge on any atom is -0.478 e. The van der Waals surface area contributed by atoms with Crippen molar-refractivity contribution in [1.82, 2.24) is 0 Å². The molecular formula is C13H17FN2O4. The van der Waals surface area contributed by atoms with E-state index in [1.807, 2.05) is 0 Å². The molecule has 0 bridgehead atoms. The maximum absolute atomic E-state index is 13.3. The number of hydrogen-bond acceptors (Lipinski definition) is 5. The van der Waals surface area contributed by atoms with Crippen molar-refractivity contribution >= 4 is 17.3 Å². The van der Waals surface area contributed by atoms with Gasteiger partial charge in [-0.2, -0.15) is 0 Å². The molecule has 0 atom stereocenters. The molecule has 1 aliphatic rings. The van der Waals surface area contributed by atoms with Crippen molar-refractivity contribution in [2.45, 2.75) is 18.4 Å². The van der Waals surface area contributed by atoms with Crippen LogP contribution in [0.1, 0.15) is 23.2 Å². The first kappa shape index (κ1) is 14.5. The molecule has 110 valence electrons. The lowest BCUT2D eigenvalue weighted by Gasteiger charge is -2.32. The molecule has 0 amide bonds. The summed E-state index contributed by atoms with van der Waals surface area (Å²) < 4.78 is 18.5. The summed E-state index contributed by atoms with van der Waals surface area (Å²) in [4.78, 5) is 11.2. The van der Waals surface area contributed by atoms with Gasteiger partial charge in [0.25, 0.3) is 0 Å². The van der Waals surface area contributed by atoms with E-state index in [2.05, 4.69) is 5.32 Å². The van der Waals surface area contributed by atoms with Gasteiger partial charge in [-0.25, -0.2) is 9.18 Å². The molecular weight excluding hydrogens is 267 g/mol. The third kappa shape index (κ3) is 3.00. The van der Waals surface area contributed by atoms with Gasteiger partial charge in [-0.1, -0.05) is 0 Å². The summed E-state index contributed by atoms with van der Waals surface area (Å²) in [6.45, 7) is 1.06. The van der Waals surface area contributed by atoms with Crippen LogP contribution in [0.3, 0.4) is 0 Å². The van der Waals surface area contributed by atoms with Crippen LogP contribution in [0.2, 0.25) is 0 Å². The highest BCUT2D eigenvalue weighted by atomic mass is 19.1. The molecule has 1 saturated heterocycles. The zero-order valence-corrected chi connectivity index (χ0v) is 10.9. The molecule has 0 saturated carbocycles. The van der Waals surface area contributed by atoms with Crippen LogP contribution < -0.4 is 11.1 Å². The van der Waals surface area contributed by atoms with Gasteiger partial charge in [0.2, 0.25) is 0 Å². The molecule has 0 radical (unpaired) electrons. The number of hydrogen-bond donors (Lipinski definition) is 4. The highest BCUT2D eigenvalue weighted by molar-refractivity contribution is 6.00. The Kier molecular flexibility index (Phi) is 4.10. The molecule has 0 spiro atoms. The van der Waals surface area contributed by atoms with E-state index in [1.165, 1.54) is 6.07 Å². The van der Waals surface area contributed by atoms with Gasteiger partial charge >= 0.3 is 5.97 Å². The SMILES string of the molecule is Nc1c(F)ccc(NCC2(O)CCOCC2)c1C(=O)O. The summed E-state index contributed by atoms with van der Waals surface area (Å²) in [6.07, 6.45) is 0.915. The molecule has 5 N–H and O–H groups in total. The van der Waals surface area contributed by atoms with Crippen molar-refractivity contribution in [2.24, 2.45) is 0 Å². The number of nitrogens with two attached hydrogens (primary N) is 1. The lowest BCUT2D eigenvalue weighted by atomic mass is 9.94. The minimum absolute atomic E-state index is 0.154. The second kappa shape index (κ2) is 5.64. The number of carbonyl (C=O) groups is 1. The monoisotopic (exact) mass is 284 g/mol. The van der Waals surface area contributed by atoms with Crippen LogP contribution in [0.25, 0.3) is 0 Å². The summed E-state index contributed by atoms with van der Waals surface area (Å²) in [5.74, 6) is -2.10. The van der Waals surface area contributed by atoms with Crippen LogP contribution in [0.4, 0.5) is 15.8 Å². The van der Waals surface area contributed by atoms with E-state index in [0.717, 1.165) is 6.07 Å². The molecule has 2 rings (SSSR count). The minimum atomic E-state index is -1.32. The van der Waals surface area contributed by atoms with E-state index < -0.39 is 23.1 Å². The van der Waals surface area contributed by atoms with Crippen LogP contribution in [0, 0.1) is 5.82 Å². The number of nitrogen functional groups attached to an aromatic ring is 1. The number of carboxylic acid groups (broad SMARTS) is 1. The molecule has 0 aliphatic carbocycles. The molecule has 0 unspecified atom stereocenters. The van der Waals surface area contributed by atoms with Crippen LogP contribution >= 0.6 is 0 Å².